The van der Waals surface area contributed by atoms with Gasteiger partial charge >= 0.3 is 0 Å². The maximum atomic E-state index is 12.4. The van der Waals surface area contributed by atoms with Crippen LogP contribution < -0.4 is 9.46 Å². The number of nitrogens with one attached hydrogen (secondary N) is 1. The van der Waals surface area contributed by atoms with Gasteiger partial charge in [-0.15, -0.1) is 0 Å². The van der Waals surface area contributed by atoms with Crippen molar-refractivity contribution >= 4 is 10.0 Å². The summed E-state index contributed by atoms with van der Waals surface area (Å²) < 4.78 is 32.6. The summed E-state index contributed by atoms with van der Waals surface area (Å²) in [6.45, 7) is 6.26. The van der Waals surface area contributed by atoms with Crippen LogP contribution in [0.5, 0.6) is 5.75 Å². The van der Waals surface area contributed by atoms with Gasteiger partial charge in [0.2, 0.25) is 10.0 Å². The summed E-state index contributed by atoms with van der Waals surface area (Å²) >= 11 is 0. The number of methoxy groups -OCH3 is 1. The molecule has 0 amide bonds. The van der Waals surface area contributed by atoms with Crippen LogP contribution in [-0.4, -0.2) is 22.1 Å². The van der Waals surface area contributed by atoms with Gasteiger partial charge in [-0.3, -0.25) is 0 Å². The maximum Gasteiger partial charge on any atom is 0.240 e. The normalized spacial score (nSPS) is 12.2. The molecule has 0 bridgehead atoms. The highest BCUT2D eigenvalue weighted by atomic mass is 32.2. The highest BCUT2D eigenvalue weighted by Crippen LogP contribution is 2.25. The average Bonchev–Trinajstić information content (AvgIpc) is 2.54. The molecule has 4 nitrogen and oxygen atoms in total. The molecular weight excluding hydrogens is 310 g/mol. The largest absolute Gasteiger partial charge is 0.497 e. The van der Waals surface area contributed by atoms with Gasteiger partial charge in [0.15, 0.2) is 0 Å². The molecule has 124 valence electrons. The molecule has 0 aliphatic rings. The molecule has 0 unspecified atom stereocenters. The predicted molar refractivity (Wildman–Crippen MR) is 92.4 cm³/mol. The Kier molecular flexibility index (Phi) is 5.12. The molecule has 2 rings (SSSR count). The lowest BCUT2D eigenvalue weighted by molar-refractivity contribution is 0.414. The van der Waals surface area contributed by atoms with Gasteiger partial charge in [0, 0.05) is 12.0 Å². The van der Waals surface area contributed by atoms with Crippen molar-refractivity contribution in [2.45, 2.75) is 31.1 Å². The number of hydrogen-bond acceptors (Lipinski definition) is 3. The summed E-state index contributed by atoms with van der Waals surface area (Å²) in [6.07, 6.45) is 0. The molecule has 0 saturated carbocycles. The SMILES string of the molecule is COc1ccc(C(C)(C)CNS(=O)(=O)c2ccc(C)cc2)cc1. The molecule has 0 spiro atoms. The van der Waals surface area contributed by atoms with E-state index in [2.05, 4.69) is 4.72 Å². The second-order valence-electron chi connectivity index (χ2n) is 6.25. The van der Waals surface area contributed by atoms with E-state index < -0.39 is 10.0 Å². The number of aryl methyl sites for hydroxylation is 1. The Hall–Kier alpha value is -1.85. The first-order chi connectivity index (χ1) is 10.7. The molecule has 0 radical (unpaired) electrons. The fraction of sp³-hybridized carbons (Fsp3) is 0.333. The van der Waals surface area contributed by atoms with Crippen LogP contribution in [-0.2, 0) is 15.4 Å². The van der Waals surface area contributed by atoms with Gasteiger partial charge in [-0.25, -0.2) is 13.1 Å². The van der Waals surface area contributed by atoms with E-state index in [-0.39, 0.29) is 10.3 Å². The molecule has 1 N–H and O–H groups in total. The smallest absolute Gasteiger partial charge is 0.240 e. The van der Waals surface area contributed by atoms with Crippen LogP contribution in [0.1, 0.15) is 25.0 Å². The quantitative estimate of drug-likeness (QED) is 0.883. The Morgan fingerprint density at radius 3 is 2.09 bits per heavy atom. The standard InChI is InChI=1S/C18H23NO3S/c1-14-5-11-17(12-6-14)23(20,21)19-13-18(2,3)15-7-9-16(22-4)10-8-15/h5-12,19H,13H2,1-4H3. The Morgan fingerprint density at radius 2 is 1.57 bits per heavy atom. The van der Waals surface area contributed by atoms with Crippen LogP contribution in [0, 0.1) is 6.92 Å². The first-order valence-corrected chi connectivity index (χ1v) is 8.94. The second kappa shape index (κ2) is 6.72. The number of sulfonamides is 1. The lowest BCUT2D eigenvalue weighted by Gasteiger charge is -2.25. The molecule has 0 fully saturated rings. The number of benzene rings is 2. The van der Waals surface area contributed by atoms with E-state index in [4.69, 9.17) is 4.74 Å². The molecule has 2 aromatic carbocycles. The molecule has 2 aromatic rings. The van der Waals surface area contributed by atoms with Crippen LogP contribution in [0.25, 0.3) is 0 Å². The summed E-state index contributed by atoms with van der Waals surface area (Å²) in [5.41, 5.74) is 1.75. The fourth-order valence-electron chi connectivity index (χ4n) is 2.22. The molecule has 0 aliphatic heterocycles. The molecule has 23 heavy (non-hydrogen) atoms. The van der Waals surface area contributed by atoms with Gasteiger partial charge in [0.1, 0.15) is 5.75 Å². The first-order valence-electron chi connectivity index (χ1n) is 7.45. The van der Waals surface area contributed by atoms with E-state index >= 15 is 0 Å². The lowest BCUT2D eigenvalue weighted by Crippen LogP contribution is -2.36. The third-order valence-electron chi connectivity index (χ3n) is 3.91. The van der Waals surface area contributed by atoms with E-state index in [0.717, 1.165) is 16.9 Å². The van der Waals surface area contributed by atoms with Crippen molar-refractivity contribution in [3.8, 4) is 5.75 Å². The summed E-state index contributed by atoms with van der Waals surface area (Å²) in [4.78, 5) is 0.286. The monoisotopic (exact) mass is 333 g/mol. The van der Waals surface area contributed by atoms with Crippen molar-refractivity contribution < 1.29 is 13.2 Å². The summed E-state index contributed by atoms with van der Waals surface area (Å²) in [6, 6.07) is 14.5. The van der Waals surface area contributed by atoms with Gasteiger partial charge in [0.25, 0.3) is 0 Å². The molecule has 0 saturated heterocycles. The van der Waals surface area contributed by atoms with Crippen molar-refractivity contribution in [3.05, 3.63) is 59.7 Å². The summed E-state index contributed by atoms with van der Waals surface area (Å²) in [5.74, 6) is 0.782. The third-order valence-corrected chi connectivity index (χ3v) is 5.32. The summed E-state index contributed by atoms with van der Waals surface area (Å²) in [5, 5.41) is 0. The highest BCUT2D eigenvalue weighted by Gasteiger charge is 2.24. The Bertz CT molecular complexity index is 748. The minimum atomic E-state index is -3.51. The average molecular weight is 333 g/mol. The number of hydrogen-bond donors (Lipinski definition) is 1. The minimum absolute atomic E-state index is 0.286. The Balaban J connectivity index is 2.12. The second-order valence-corrected chi connectivity index (χ2v) is 8.02. The van der Waals surface area contributed by atoms with Crippen molar-refractivity contribution in [2.24, 2.45) is 0 Å². The van der Waals surface area contributed by atoms with Crippen molar-refractivity contribution in [1.82, 2.24) is 4.72 Å². The van der Waals surface area contributed by atoms with Gasteiger partial charge in [-0.05, 0) is 36.8 Å². The van der Waals surface area contributed by atoms with Crippen LogP contribution >= 0.6 is 0 Å². The van der Waals surface area contributed by atoms with Crippen LogP contribution in [0.4, 0.5) is 0 Å². The van der Waals surface area contributed by atoms with E-state index in [1.807, 2.05) is 45.0 Å². The molecular formula is C18H23NO3S. The number of rotatable bonds is 6. The zero-order valence-corrected chi connectivity index (χ0v) is 14.8. The topological polar surface area (TPSA) is 55.4 Å². The van der Waals surface area contributed by atoms with E-state index in [1.54, 1.807) is 31.4 Å². The lowest BCUT2D eigenvalue weighted by atomic mass is 9.85. The molecule has 0 aromatic heterocycles. The molecule has 5 heteroatoms. The molecule has 0 aliphatic carbocycles. The first kappa shape index (κ1) is 17.5. The summed E-state index contributed by atoms with van der Waals surface area (Å²) in [7, 11) is -1.88. The Morgan fingerprint density at radius 1 is 1.00 bits per heavy atom. The highest BCUT2D eigenvalue weighted by molar-refractivity contribution is 7.89. The van der Waals surface area contributed by atoms with Gasteiger partial charge in [-0.2, -0.15) is 0 Å². The van der Waals surface area contributed by atoms with Crippen LogP contribution in [0.2, 0.25) is 0 Å². The molecule has 0 heterocycles. The van der Waals surface area contributed by atoms with E-state index in [9.17, 15) is 8.42 Å². The van der Waals surface area contributed by atoms with Crippen LogP contribution in [0.3, 0.4) is 0 Å². The third kappa shape index (κ3) is 4.33. The Labute approximate surface area is 138 Å². The zero-order valence-electron chi connectivity index (χ0n) is 14.0. The number of ether oxygens (including phenoxy) is 1. The molecule has 0 atom stereocenters. The fourth-order valence-corrected chi connectivity index (χ4v) is 3.43. The van der Waals surface area contributed by atoms with E-state index in [1.165, 1.54) is 0 Å². The van der Waals surface area contributed by atoms with Crippen molar-refractivity contribution in [3.63, 3.8) is 0 Å². The van der Waals surface area contributed by atoms with Gasteiger partial charge in [-0.1, -0.05) is 43.7 Å². The van der Waals surface area contributed by atoms with E-state index in [0.29, 0.717) is 6.54 Å². The van der Waals surface area contributed by atoms with Gasteiger partial charge in [0.05, 0.1) is 12.0 Å². The van der Waals surface area contributed by atoms with Crippen molar-refractivity contribution in [1.29, 1.82) is 0 Å². The zero-order chi connectivity index (χ0) is 17.1. The van der Waals surface area contributed by atoms with Crippen molar-refractivity contribution in [2.75, 3.05) is 13.7 Å². The predicted octanol–water partition coefficient (Wildman–Crippen LogP) is 3.26. The van der Waals surface area contributed by atoms with Crippen LogP contribution in [0.15, 0.2) is 53.4 Å². The van der Waals surface area contributed by atoms with Gasteiger partial charge < -0.3 is 4.74 Å². The maximum absolute atomic E-state index is 12.4. The minimum Gasteiger partial charge on any atom is -0.497 e.